The monoisotopic (exact) mass is 625 g/mol. The minimum absolute atomic E-state index is 0.115. The zero-order valence-corrected chi connectivity index (χ0v) is 23.7. The highest BCUT2D eigenvalue weighted by molar-refractivity contribution is 7.70. The van der Waals surface area contributed by atoms with Gasteiger partial charge in [0.1, 0.15) is 17.7 Å². The van der Waals surface area contributed by atoms with E-state index < -0.39 is 58.1 Å². The third kappa shape index (κ3) is 8.12. The highest BCUT2D eigenvalue weighted by Crippen LogP contribution is 2.55. The second kappa shape index (κ2) is 13.1. The summed E-state index contributed by atoms with van der Waals surface area (Å²) in [6, 6.07) is 5.47. The summed E-state index contributed by atoms with van der Waals surface area (Å²) in [5.74, 6) is -1.81. The number of aromatic nitrogens is 4. The van der Waals surface area contributed by atoms with Crippen LogP contribution >= 0.6 is 26.8 Å². The molecule has 13 nitrogen and oxygen atoms in total. The van der Waals surface area contributed by atoms with Gasteiger partial charge in [0, 0.05) is 5.56 Å². The predicted molar refractivity (Wildman–Crippen MR) is 142 cm³/mol. The second-order valence-corrected chi connectivity index (χ2v) is 13.1. The van der Waals surface area contributed by atoms with Crippen molar-refractivity contribution >= 4 is 43.6 Å². The van der Waals surface area contributed by atoms with Crippen molar-refractivity contribution in [2.24, 2.45) is 0 Å². The number of benzene rings is 1. The number of allylic oxidation sites excluding steroid dienone is 1. The molecule has 0 aliphatic carbocycles. The van der Waals surface area contributed by atoms with Gasteiger partial charge in [-0.15, -0.1) is 0 Å². The fourth-order valence-corrected chi connectivity index (χ4v) is 6.50. The Hall–Kier alpha value is -2.32. The number of aliphatic hydroxyl groups excluding tert-OH is 2. The number of fused-ring (bicyclic) bond motifs is 1. The SMILES string of the molecule is CC/C=C(/COP(=O)(O)CP(=O)(O)O)[C@@H](O)[C@H](F)[C@@H](O)n1ncc2c(N[C@H](C)c3ccccc3F)nc(Cl)nc21. The van der Waals surface area contributed by atoms with Gasteiger partial charge in [-0.1, -0.05) is 31.2 Å². The van der Waals surface area contributed by atoms with Crippen molar-refractivity contribution in [1.29, 1.82) is 0 Å². The van der Waals surface area contributed by atoms with Crippen LogP contribution in [-0.2, 0) is 13.7 Å². The van der Waals surface area contributed by atoms with Gasteiger partial charge < -0.3 is 34.7 Å². The predicted octanol–water partition coefficient (Wildman–Crippen LogP) is 3.66. The molecular weight excluding hydrogens is 598 g/mol. The van der Waals surface area contributed by atoms with E-state index in [9.17, 15) is 28.6 Å². The lowest BCUT2D eigenvalue weighted by Crippen LogP contribution is -2.35. The molecule has 3 rings (SSSR count). The van der Waals surface area contributed by atoms with E-state index in [1.807, 2.05) is 0 Å². The summed E-state index contributed by atoms with van der Waals surface area (Å²) in [6.45, 7) is 2.43. The van der Waals surface area contributed by atoms with Crippen LogP contribution in [0, 0.1) is 5.82 Å². The van der Waals surface area contributed by atoms with Crippen LogP contribution in [0.2, 0.25) is 5.28 Å². The van der Waals surface area contributed by atoms with Gasteiger partial charge in [-0.05, 0) is 36.6 Å². The number of halogens is 3. The maximum atomic E-state index is 15.4. The van der Waals surface area contributed by atoms with E-state index in [0.29, 0.717) is 5.56 Å². The quantitative estimate of drug-likeness (QED) is 0.0916. The largest absolute Gasteiger partial charge is 0.385 e. The molecule has 1 unspecified atom stereocenters. The normalized spacial score (nSPS) is 17.3. The molecule has 2 aromatic heterocycles. The van der Waals surface area contributed by atoms with Gasteiger partial charge in [0.2, 0.25) is 5.28 Å². The van der Waals surface area contributed by atoms with Gasteiger partial charge in [-0.25, -0.2) is 13.5 Å². The Labute approximate surface area is 232 Å². The first kappa shape index (κ1) is 32.2. The molecule has 220 valence electrons. The van der Waals surface area contributed by atoms with Gasteiger partial charge in [0.05, 0.1) is 24.2 Å². The van der Waals surface area contributed by atoms with Crippen molar-refractivity contribution in [3.05, 3.63) is 58.8 Å². The number of nitrogens with one attached hydrogen (secondary N) is 1. The van der Waals surface area contributed by atoms with E-state index in [2.05, 4.69) is 20.4 Å². The molecule has 18 heteroatoms. The molecule has 0 aliphatic heterocycles. The summed E-state index contributed by atoms with van der Waals surface area (Å²) in [7, 11) is -9.70. The average Bonchev–Trinajstić information content (AvgIpc) is 3.28. The average molecular weight is 626 g/mol. The van der Waals surface area contributed by atoms with E-state index in [1.165, 1.54) is 24.4 Å². The summed E-state index contributed by atoms with van der Waals surface area (Å²) >= 11 is 6.05. The van der Waals surface area contributed by atoms with Crippen molar-refractivity contribution < 1.29 is 47.3 Å². The standard InChI is InChI=1S/C22H28ClF2N5O8P2/c1-3-6-13(10-38-40(36,37)11-39(33,34)35)18(31)17(25)21(32)30-20-15(9-26-30)19(28-22(23)29-20)27-12(2)14-7-4-5-8-16(14)24/h4-9,12,17-18,21,31-32H,3,10-11H2,1-2H3,(H,36,37)(H,27,28,29)(H2,33,34,35)/b13-6-/t12-,17+,18-,21-/m1/s1. The Morgan fingerprint density at radius 2 is 1.90 bits per heavy atom. The van der Waals surface area contributed by atoms with E-state index in [1.54, 1.807) is 26.0 Å². The molecule has 0 aliphatic rings. The molecule has 0 radical (unpaired) electrons. The Morgan fingerprint density at radius 1 is 1.23 bits per heavy atom. The maximum Gasteiger partial charge on any atom is 0.340 e. The smallest absolute Gasteiger partial charge is 0.340 e. The lowest BCUT2D eigenvalue weighted by Gasteiger charge is -2.24. The topological polar surface area (TPSA) is 200 Å². The summed E-state index contributed by atoms with van der Waals surface area (Å²) in [5.41, 5.74) is -0.0565. The first-order chi connectivity index (χ1) is 18.6. The van der Waals surface area contributed by atoms with Gasteiger partial charge in [-0.2, -0.15) is 15.1 Å². The first-order valence-corrected chi connectivity index (χ1v) is 15.7. The second-order valence-electron chi connectivity index (χ2n) is 8.76. The fourth-order valence-electron chi connectivity index (χ4n) is 3.79. The molecule has 0 saturated heterocycles. The third-order valence-corrected chi connectivity index (χ3v) is 9.24. The lowest BCUT2D eigenvalue weighted by atomic mass is 10.0. The summed E-state index contributed by atoms with van der Waals surface area (Å²) < 4.78 is 58.1. The van der Waals surface area contributed by atoms with Gasteiger partial charge in [-0.3, -0.25) is 9.13 Å². The molecular formula is C22H28ClF2N5O8P2. The lowest BCUT2D eigenvalue weighted by molar-refractivity contribution is -0.0413. The van der Waals surface area contributed by atoms with Gasteiger partial charge >= 0.3 is 15.2 Å². The molecule has 0 amide bonds. The molecule has 2 heterocycles. The van der Waals surface area contributed by atoms with Crippen LogP contribution in [0.3, 0.4) is 0 Å². The molecule has 0 fully saturated rings. The molecule has 0 bridgehead atoms. The fraction of sp³-hybridized carbons (Fsp3) is 0.409. The summed E-state index contributed by atoms with van der Waals surface area (Å²) in [4.78, 5) is 35.6. The van der Waals surface area contributed by atoms with Crippen molar-refractivity contribution in [3.8, 4) is 0 Å². The molecule has 1 aromatic carbocycles. The van der Waals surface area contributed by atoms with Gasteiger partial charge in [0.15, 0.2) is 23.9 Å². The number of rotatable bonds is 13. The molecule has 3 aromatic rings. The molecule has 6 N–H and O–H groups in total. The van der Waals surface area contributed by atoms with Crippen molar-refractivity contribution in [2.45, 2.75) is 44.8 Å². The zero-order chi connectivity index (χ0) is 29.8. The van der Waals surface area contributed by atoms with Crippen LogP contribution in [0.4, 0.5) is 14.6 Å². The number of hydrogen-bond donors (Lipinski definition) is 6. The first-order valence-electron chi connectivity index (χ1n) is 11.7. The molecule has 5 atom stereocenters. The van der Waals surface area contributed by atoms with Crippen LogP contribution in [0.15, 0.2) is 42.1 Å². The minimum atomic E-state index is -4.91. The van der Waals surface area contributed by atoms with E-state index in [0.717, 1.165) is 4.68 Å². The number of hydrogen-bond acceptors (Lipinski definition) is 9. The van der Waals surface area contributed by atoms with Crippen LogP contribution < -0.4 is 5.32 Å². The molecule has 0 spiro atoms. The van der Waals surface area contributed by atoms with Crippen molar-refractivity contribution in [2.75, 3.05) is 17.8 Å². The Balaban J connectivity index is 1.84. The van der Waals surface area contributed by atoms with E-state index in [-0.39, 0.29) is 34.1 Å². The number of aliphatic hydroxyl groups is 2. The Morgan fingerprint density at radius 3 is 2.52 bits per heavy atom. The van der Waals surface area contributed by atoms with Gasteiger partial charge in [0.25, 0.3) is 0 Å². The third-order valence-electron chi connectivity index (χ3n) is 5.63. The van der Waals surface area contributed by atoms with Crippen molar-refractivity contribution in [1.82, 2.24) is 19.7 Å². The Bertz CT molecular complexity index is 1470. The molecule has 40 heavy (non-hydrogen) atoms. The summed E-state index contributed by atoms with van der Waals surface area (Å²) in [5, 5.41) is 28.2. The highest BCUT2D eigenvalue weighted by Gasteiger charge is 2.35. The number of nitrogens with zero attached hydrogens (tertiary/aromatic N) is 4. The minimum Gasteiger partial charge on any atom is -0.385 e. The van der Waals surface area contributed by atoms with Crippen LogP contribution in [-0.4, -0.2) is 69.4 Å². The number of alkyl halides is 1. The summed E-state index contributed by atoms with van der Waals surface area (Å²) in [6.07, 6.45) is -4.01. The van der Waals surface area contributed by atoms with Crippen LogP contribution in [0.25, 0.3) is 11.0 Å². The molecule has 0 saturated carbocycles. The van der Waals surface area contributed by atoms with Crippen LogP contribution in [0.5, 0.6) is 0 Å². The zero-order valence-electron chi connectivity index (χ0n) is 21.2. The van der Waals surface area contributed by atoms with Crippen LogP contribution in [0.1, 0.15) is 38.1 Å². The van der Waals surface area contributed by atoms with E-state index >= 15 is 4.39 Å². The maximum absolute atomic E-state index is 15.4. The number of anilines is 1. The highest BCUT2D eigenvalue weighted by atomic mass is 35.5. The Kier molecular flexibility index (Phi) is 10.6. The van der Waals surface area contributed by atoms with Crippen molar-refractivity contribution in [3.63, 3.8) is 0 Å². The van der Waals surface area contributed by atoms with E-state index in [4.69, 9.17) is 25.9 Å².